The molecule has 2 fully saturated rings. The number of hydrogen-bond acceptors (Lipinski definition) is 5. The second-order valence-electron chi connectivity index (χ2n) is 10.5. The van der Waals surface area contributed by atoms with Gasteiger partial charge in [0.2, 0.25) is 11.8 Å². The maximum atomic E-state index is 13.3. The SMILES string of the molecule is CCc1cc(CN2CCC(N3C(=O)CCC3C(=O)Nc3cc(C(=O)N(C)C)cc(C)n3)CC2)ccc1C. The molecule has 1 N–H and O–H groups in total. The van der Waals surface area contributed by atoms with Crippen LogP contribution in [-0.2, 0) is 22.6 Å². The predicted octanol–water partition coefficient (Wildman–Crippen LogP) is 3.56. The zero-order valence-electron chi connectivity index (χ0n) is 22.7. The summed E-state index contributed by atoms with van der Waals surface area (Å²) in [7, 11) is 3.37. The highest BCUT2D eigenvalue weighted by atomic mass is 16.2. The lowest BCUT2D eigenvalue weighted by Crippen LogP contribution is -2.51. The first kappa shape index (κ1) is 26.8. The standard InChI is InChI=1S/C29H39N5O3/c1-6-22-16-21(8-7-19(22)2)18-33-13-11-24(12-14-33)34-25(9-10-27(34)35)28(36)31-26-17-23(15-20(3)30-26)29(37)32(4)5/h7-8,15-17,24-25H,6,9-14,18H2,1-5H3,(H,30,31,36). The van der Waals surface area contributed by atoms with E-state index in [4.69, 9.17) is 0 Å². The van der Waals surface area contributed by atoms with Crippen LogP contribution in [0.4, 0.5) is 5.82 Å². The lowest BCUT2D eigenvalue weighted by atomic mass is 9.99. The van der Waals surface area contributed by atoms with Crippen LogP contribution in [0.3, 0.4) is 0 Å². The molecule has 2 saturated heterocycles. The minimum Gasteiger partial charge on any atom is -0.345 e. The van der Waals surface area contributed by atoms with Crippen molar-refractivity contribution in [3.63, 3.8) is 0 Å². The van der Waals surface area contributed by atoms with Crippen LogP contribution in [0.5, 0.6) is 0 Å². The van der Waals surface area contributed by atoms with Crippen molar-refractivity contribution >= 4 is 23.5 Å². The second kappa shape index (κ2) is 11.4. The summed E-state index contributed by atoms with van der Waals surface area (Å²) in [5.41, 5.74) is 5.18. The Morgan fingerprint density at radius 1 is 1.08 bits per heavy atom. The minimum absolute atomic E-state index is 0.0467. The van der Waals surface area contributed by atoms with Crippen molar-refractivity contribution in [2.75, 3.05) is 32.5 Å². The molecule has 198 valence electrons. The third-order valence-electron chi connectivity index (χ3n) is 7.57. The highest BCUT2D eigenvalue weighted by Gasteiger charge is 2.41. The Morgan fingerprint density at radius 2 is 1.81 bits per heavy atom. The average Bonchev–Trinajstić information content (AvgIpc) is 3.26. The van der Waals surface area contributed by atoms with Gasteiger partial charge in [0.15, 0.2) is 0 Å². The molecule has 2 aliphatic rings. The summed E-state index contributed by atoms with van der Waals surface area (Å²) in [5.74, 6) is 0.00243. The van der Waals surface area contributed by atoms with Gasteiger partial charge in [-0.1, -0.05) is 25.1 Å². The first-order valence-electron chi connectivity index (χ1n) is 13.3. The van der Waals surface area contributed by atoms with Gasteiger partial charge in [0, 0.05) is 57.4 Å². The van der Waals surface area contributed by atoms with E-state index in [0.29, 0.717) is 29.9 Å². The van der Waals surface area contributed by atoms with Gasteiger partial charge in [0.05, 0.1) is 0 Å². The van der Waals surface area contributed by atoms with Gasteiger partial charge in [-0.3, -0.25) is 19.3 Å². The maximum Gasteiger partial charge on any atom is 0.253 e. The molecular weight excluding hydrogens is 466 g/mol. The van der Waals surface area contributed by atoms with Crippen molar-refractivity contribution in [1.29, 1.82) is 0 Å². The molecule has 0 bridgehead atoms. The van der Waals surface area contributed by atoms with Gasteiger partial charge in [-0.25, -0.2) is 4.98 Å². The van der Waals surface area contributed by atoms with Gasteiger partial charge in [-0.2, -0.15) is 0 Å². The summed E-state index contributed by atoms with van der Waals surface area (Å²) in [5, 5.41) is 2.88. The first-order valence-corrected chi connectivity index (χ1v) is 13.3. The third-order valence-corrected chi connectivity index (χ3v) is 7.57. The maximum absolute atomic E-state index is 13.3. The number of nitrogens with zero attached hydrogens (tertiary/aromatic N) is 4. The van der Waals surface area contributed by atoms with Crippen molar-refractivity contribution in [3.8, 4) is 0 Å². The molecule has 1 unspecified atom stereocenters. The molecule has 3 amide bonds. The van der Waals surface area contributed by atoms with Crippen molar-refractivity contribution in [1.82, 2.24) is 19.7 Å². The van der Waals surface area contributed by atoms with E-state index >= 15 is 0 Å². The minimum atomic E-state index is -0.511. The summed E-state index contributed by atoms with van der Waals surface area (Å²) in [6, 6.07) is 9.57. The Kier molecular flexibility index (Phi) is 8.27. The van der Waals surface area contributed by atoms with Crippen LogP contribution in [0.1, 0.15) is 65.3 Å². The second-order valence-corrected chi connectivity index (χ2v) is 10.5. The van der Waals surface area contributed by atoms with Crippen molar-refractivity contribution in [2.24, 2.45) is 0 Å². The van der Waals surface area contributed by atoms with Gasteiger partial charge >= 0.3 is 0 Å². The number of nitrogens with one attached hydrogen (secondary N) is 1. The molecule has 1 atom stereocenters. The normalized spacial score (nSPS) is 18.8. The van der Waals surface area contributed by atoms with Crippen LogP contribution in [0.25, 0.3) is 0 Å². The number of carbonyl (C=O) groups is 3. The van der Waals surface area contributed by atoms with Crippen molar-refractivity contribution in [3.05, 3.63) is 58.3 Å². The Balaban J connectivity index is 1.39. The van der Waals surface area contributed by atoms with E-state index in [1.54, 1.807) is 33.2 Å². The number of rotatable bonds is 7. The number of carbonyl (C=O) groups excluding carboxylic acids is 3. The lowest BCUT2D eigenvalue weighted by Gasteiger charge is -2.39. The molecule has 0 radical (unpaired) electrons. The van der Waals surface area contributed by atoms with Gasteiger partial charge in [0.1, 0.15) is 11.9 Å². The number of aromatic nitrogens is 1. The summed E-state index contributed by atoms with van der Waals surface area (Å²) < 4.78 is 0. The number of benzene rings is 1. The van der Waals surface area contributed by atoms with E-state index in [9.17, 15) is 14.4 Å². The Labute approximate surface area is 220 Å². The van der Waals surface area contributed by atoms with Crippen LogP contribution in [0.15, 0.2) is 30.3 Å². The molecule has 0 spiro atoms. The largest absolute Gasteiger partial charge is 0.345 e. The zero-order chi connectivity index (χ0) is 26.7. The highest BCUT2D eigenvalue weighted by Crippen LogP contribution is 2.29. The summed E-state index contributed by atoms with van der Waals surface area (Å²) in [6.45, 7) is 8.84. The van der Waals surface area contributed by atoms with Crippen LogP contribution >= 0.6 is 0 Å². The fourth-order valence-corrected chi connectivity index (χ4v) is 5.56. The fraction of sp³-hybridized carbons (Fsp3) is 0.517. The van der Waals surface area contributed by atoms with Gasteiger partial charge in [-0.15, -0.1) is 0 Å². The van der Waals surface area contributed by atoms with E-state index in [-0.39, 0.29) is 23.8 Å². The first-order chi connectivity index (χ1) is 17.7. The van der Waals surface area contributed by atoms with E-state index in [1.807, 2.05) is 4.90 Å². The molecule has 3 heterocycles. The molecule has 2 aromatic rings. The topological polar surface area (TPSA) is 85.8 Å². The number of likely N-dealkylation sites (tertiary alicyclic amines) is 2. The Morgan fingerprint density at radius 3 is 2.49 bits per heavy atom. The smallest absolute Gasteiger partial charge is 0.253 e. The molecule has 2 aliphatic heterocycles. The molecule has 1 aromatic carbocycles. The monoisotopic (exact) mass is 505 g/mol. The van der Waals surface area contributed by atoms with Gasteiger partial charge < -0.3 is 15.1 Å². The van der Waals surface area contributed by atoms with Crippen LogP contribution in [-0.4, -0.2) is 76.7 Å². The number of anilines is 1. The lowest BCUT2D eigenvalue weighted by molar-refractivity contribution is -0.136. The Hall–Kier alpha value is -3.26. The molecule has 8 heteroatoms. The van der Waals surface area contributed by atoms with E-state index < -0.39 is 6.04 Å². The molecule has 8 nitrogen and oxygen atoms in total. The van der Waals surface area contributed by atoms with Gasteiger partial charge in [-0.05, 0) is 68.4 Å². The third kappa shape index (κ3) is 6.18. The highest BCUT2D eigenvalue weighted by molar-refractivity contribution is 6.00. The van der Waals surface area contributed by atoms with Crippen LogP contribution < -0.4 is 5.32 Å². The molecule has 37 heavy (non-hydrogen) atoms. The van der Waals surface area contributed by atoms with E-state index in [0.717, 1.165) is 38.9 Å². The fourth-order valence-electron chi connectivity index (χ4n) is 5.56. The number of hydrogen-bond donors (Lipinski definition) is 1. The average molecular weight is 506 g/mol. The van der Waals surface area contributed by atoms with Crippen molar-refractivity contribution in [2.45, 2.75) is 71.5 Å². The van der Waals surface area contributed by atoms with Crippen LogP contribution in [0.2, 0.25) is 0 Å². The van der Waals surface area contributed by atoms with Crippen molar-refractivity contribution < 1.29 is 14.4 Å². The molecule has 1 aromatic heterocycles. The number of amides is 3. The zero-order valence-corrected chi connectivity index (χ0v) is 22.7. The molecule has 0 saturated carbocycles. The summed E-state index contributed by atoms with van der Waals surface area (Å²) in [6.07, 6.45) is 3.63. The molecule has 0 aliphatic carbocycles. The predicted molar refractivity (Wildman–Crippen MR) is 144 cm³/mol. The number of aryl methyl sites for hydroxylation is 3. The number of pyridine rings is 1. The quantitative estimate of drug-likeness (QED) is 0.622. The summed E-state index contributed by atoms with van der Waals surface area (Å²) >= 11 is 0. The van der Waals surface area contributed by atoms with E-state index in [1.165, 1.54) is 21.6 Å². The van der Waals surface area contributed by atoms with E-state index in [2.05, 4.69) is 47.2 Å². The molecular formula is C29H39N5O3. The van der Waals surface area contributed by atoms with Gasteiger partial charge in [0.25, 0.3) is 5.91 Å². The van der Waals surface area contributed by atoms with Crippen LogP contribution in [0, 0.1) is 13.8 Å². The Bertz CT molecular complexity index is 1170. The molecule has 4 rings (SSSR count). The number of piperidine rings is 1. The summed E-state index contributed by atoms with van der Waals surface area (Å²) in [4.78, 5) is 48.7.